The molecule has 0 saturated heterocycles. The van der Waals surface area contributed by atoms with Crippen LogP contribution < -0.4 is 10.0 Å². The Morgan fingerprint density at radius 3 is 2.17 bits per heavy atom. The lowest BCUT2D eigenvalue weighted by molar-refractivity contribution is 0.0936. The summed E-state index contributed by atoms with van der Waals surface area (Å²) < 4.78 is 53.2. The number of sulfonamides is 1. The number of carbonyl (C=O) groups is 1. The molecule has 0 aliphatic carbocycles. The van der Waals surface area contributed by atoms with Gasteiger partial charge in [-0.1, -0.05) is 24.3 Å². The third-order valence-corrected chi connectivity index (χ3v) is 6.01. The van der Waals surface area contributed by atoms with Crippen molar-refractivity contribution in [1.82, 2.24) is 10.0 Å². The molecule has 0 fully saturated rings. The number of hydrogen-bond donors (Lipinski definition) is 2. The summed E-state index contributed by atoms with van der Waals surface area (Å²) in [5.41, 5.74) is 1.41. The van der Waals surface area contributed by atoms with Crippen LogP contribution in [0.3, 0.4) is 0 Å². The van der Waals surface area contributed by atoms with Gasteiger partial charge >= 0.3 is 0 Å². The van der Waals surface area contributed by atoms with Crippen LogP contribution in [0.5, 0.6) is 0 Å². The second kappa shape index (κ2) is 9.15. The molecule has 8 heteroatoms. The number of hydrogen-bond acceptors (Lipinski definition) is 3. The normalized spacial score (nSPS) is 12.4. The monoisotopic (exact) mass is 430 g/mol. The molecule has 0 radical (unpaired) electrons. The van der Waals surface area contributed by atoms with Gasteiger partial charge in [-0.15, -0.1) is 0 Å². The van der Waals surface area contributed by atoms with E-state index in [9.17, 15) is 22.0 Å². The Balaban J connectivity index is 1.86. The van der Waals surface area contributed by atoms with Gasteiger partial charge in [0.2, 0.25) is 10.0 Å². The van der Waals surface area contributed by atoms with Crippen molar-refractivity contribution in [2.24, 2.45) is 0 Å². The first kappa shape index (κ1) is 21.6. The fourth-order valence-electron chi connectivity index (χ4n) is 3.02. The number of benzene rings is 3. The molecule has 0 heterocycles. The number of nitrogens with one attached hydrogen (secondary N) is 2. The fraction of sp³-hybridized carbons (Fsp3) is 0.136. The van der Waals surface area contributed by atoms with E-state index in [1.807, 2.05) is 0 Å². The predicted molar refractivity (Wildman–Crippen MR) is 109 cm³/mol. The van der Waals surface area contributed by atoms with Gasteiger partial charge in [-0.25, -0.2) is 21.9 Å². The molecule has 30 heavy (non-hydrogen) atoms. The van der Waals surface area contributed by atoms with Crippen molar-refractivity contribution in [3.8, 4) is 0 Å². The van der Waals surface area contributed by atoms with Gasteiger partial charge in [0.05, 0.1) is 10.9 Å². The summed E-state index contributed by atoms with van der Waals surface area (Å²) >= 11 is 0. The first-order valence-corrected chi connectivity index (χ1v) is 10.6. The zero-order chi connectivity index (χ0) is 21.7. The van der Waals surface area contributed by atoms with Crippen molar-refractivity contribution in [3.63, 3.8) is 0 Å². The van der Waals surface area contributed by atoms with E-state index in [0.717, 1.165) is 0 Å². The topological polar surface area (TPSA) is 75.3 Å². The average Bonchev–Trinajstić information content (AvgIpc) is 2.73. The second-order valence-corrected chi connectivity index (χ2v) is 8.53. The van der Waals surface area contributed by atoms with Crippen molar-refractivity contribution in [2.45, 2.75) is 17.4 Å². The Hall–Kier alpha value is -3.10. The van der Waals surface area contributed by atoms with Gasteiger partial charge < -0.3 is 5.32 Å². The molecule has 3 aromatic rings. The minimum absolute atomic E-state index is 0.0305. The first-order chi connectivity index (χ1) is 14.3. The lowest BCUT2D eigenvalue weighted by atomic mass is 9.98. The van der Waals surface area contributed by atoms with Gasteiger partial charge in [0, 0.05) is 5.56 Å². The summed E-state index contributed by atoms with van der Waals surface area (Å²) in [7, 11) is -2.32. The zero-order valence-corrected chi connectivity index (χ0v) is 16.9. The van der Waals surface area contributed by atoms with E-state index >= 15 is 0 Å². The Labute approximate surface area is 173 Å². The molecule has 3 aromatic carbocycles. The van der Waals surface area contributed by atoms with Crippen molar-refractivity contribution in [2.75, 3.05) is 7.05 Å². The van der Waals surface area contributed by atoms with Crippen LogP contribution in [0.15, 0.2) is 77.7 Å². The maximum Gasteiger partial charge on any atom is 0.251 e. The highest BCUT2D eigenvalue weighted by atomic mass is 32.2. The molecule has 0 aromatic heterocycles. The number of rotatable bonds is 7. The SMILES string of the molecule is CNS(=O)(=O)c1ccc(C(=O)N[C@@H](Cc2cccc(F)c2)c2cccc(F)c2)cc1. The van der Waals surface area contributed by atoms with E-state index in [1.165, 1.54) is 61.6 Å². The van der Waals surface area contributed by atoms with Crippen LogP contribution in [0.25, 0.3) is 0 Å². The Morgan fingerprint density at radius 1 is 0.933 bits per heavy atom. The van der Waals surface area contributed by atoms with Crippen molar-refractivity contribution >= 4 is 15.9 Å². The minimum Gasteiger partial charge on any atom is -0.345 e. The average molecular weight is 430 g/mol. The Bertz CT molecular complexity index is 1150. The molecule has 2 N–H and O–H groups in total. The van der Waals surface area contributed by atoms with Crippen LogP contribution in [0.4, 0.5) is 8.78 Å². The van der Waals surface area contributed by atoms with Gasteiger partial charge in [0.25, 0.3) is 5.91 Å². The van der Waals surface area contributed by atoms with Crippen molar-refractivity contribution in [3.05, 3.63) is 101 Å². The minimum atomic E-state index is -3.62. The summed E-state index contributed by atoms with van der Waals surface area (Å²) in [6, 6.07) is 16.6. The Morgan fingerprint density at radius 2 is 1.57 bits per heavy atom. The van der Waals surface area contributed by atoms with Crippen LogP contribution >= 0.6 is 0 Å². The van der Waals surface area contributed by atoms with Gasteiger partial charge in [-0.05, 0) is 73.1 Å². The number of amides is 1. The third-order valence-electron chi connectivity index (χ3n) is 4.58. The largest absolute Gasteiger partial charge is 0.345 e. The first-order valence-electron chi connectivity index (χ1n) is 9.13. The van der Waals surface area contributed by atoms with Crippen LogP contribution in [0, 0.1) is 11.6 Å². The van der Waals surface area contributed by atoms with Gasteiger partial charge in [0.15, 0.2) is 0 Å². The van der Waals surface area contributed by atoms with E-state index in [2.05, 4.69) is 10.0 Å². The van der Waals surface area contributed by atoms with Crippen LogP contribution in [-0.4, -0.2) is 21.4 Å². The fourth-order valence-corrected chi connectivity index (χ4v) is 3.75. The third kappa shape index (κ3) is 5.28. The molecule has 0 unspecified atom stereocenters. The molecule has 0 aliphatic heterocycles. The van der Waals surface area contributed by atoms with Crippen molar-refractivity contribution in [1.29, 1.82) is 0 Å². The summed E-state index contributed by atoms with van der Waals surface area (Å²) in [5.74, 6) is -1.32. The van der Waals surface area contributed by atoms with E-state index in [4.69, 9.17) is 0 Å². The van der Waals surface area contributed by atoms with Crippen LogP contribution in [0.2, 0.25) is 0 Å². The number of halogens is 2. The van der Waals surface area contributed by atoms with Gasteiger partial charge in [-0.3, -0.25) is 4.79 Å². The lowest BCUT2D eigenvalue weighted by Crippen LogP contribution is -2.30. The summed E-state index contributed by atoms with van der Waals surface area (Å²) in [4.78, 5) is 12.8. The van der Waals surface area contributed by atoms with Crippen LogP contribution in [-0.2, 0) is 16.4 Å². The zero-order valence-electron chi connectivity index (χ0n) is 16.1. The molecule has 0 aliphatic rings. The number of carbonyl (C=O) groups excluding carboxylic acids is 1. The molecule has 0 bridgehead atoms. The van der Waals surface area contributed by atoms with Crippen LogP contribution in [0.1, 0.15) is 27.5 Å². The second-order valence-electron chi connectivity index (χ2n) is 6.65. The van der Waals surface area contributed by atoms with E-state index < -0.39 is 33.6 Å². The standard InChI is InChI=1S/C22H20F2N2O3S/c1-25-30(28,29)20-10-8-16(9-11-20)22(27)26-21(17-5-3-7-19(24)14-17)13-15-4-2-6-18(23)12-15/h2-12,14,21,25H,13H2,1H3,(H,26,27)/t21-/m0/s1. The summed E-state index contributed by atoms with van der Waals surface area (Å²) in [6.07, 6.45) is 0.249. The highest BCUT2D eigenvalue weighted by molar-refractivity contribution is 7.89. The Kier molecular flexibility index (Phi) is 6.59. The van der Waals surface area contributed by atoms with E-state index in [0.29, 0.717) is 11.1 Å². The lowest BCUT2D eigenvalue weighted by Gasteiger charge is -2.20. The molecular weight excluding hydrogens is 410 g/mol. The quantitative estimate of drug-likeness (QED) is 0.602. The highest BCUT2D eigenvalue weighted by Gasteiger charge is 2.18. The highest BCUT2D eigenvalue weighted by Crippen LogP contribution is 2.21. The molecule has 156 valence electrons. The van der Waals surface area contributed by atoms with E-state index in [1.54, 1.807) is 18.2 Å². The molecule has 0 saturated carbocycles. The summed E-state index contributed by atoms with van der Waals surface area (Å²) in [5, 5.41) is 2.82. The van der Waals surface area contributed by atoms with Crippen molar-refractivity contribution < 1.29 is 22.0 Å². The maximum atomic E-state index is 13.7. The van der Waals surface area contributed by atoms with Gasteiger partial charge in [0.1, 0.15) is 11.6 Å². The molecule has 1 amide bonds. The molecule has 3 rings (SSSR count). The molecule has 1 atom stereocenters. The van der Waals surface area contributed by atoms with Gasteiger partial charge in [-0.2, -0.15) is 0 Å². The summed E-state index contributed by atoms with van der Waals surface area (Å²) in [6.45, 7) is 0. The maximum absolute atomic E-state index is 13.7. The molecule has 5 nitrogen and oxygen atoms in total. The predicted octanol–water partition coefficient (Wildman–Crippen LogP) is 3.59. The van der Waals surface area contributed by atoms with E-state index in [-0.39, 0.29) is 16.9 Å². The molecule has 0 spiro atoms. The molecular formula is C22H20F2N2O3S. The smallest absolute Gasteiger partial charge is 0.251 e.